The van der Waals surface area contributed by atoms with Crippen molar-refractivity contribution in [1.29, 1.82) is 0 Å². The molecule has 0 saturated carbocycles. The lowest BCUT2D eigenvalue weighted by atomic mass is 10.2. The van der Waals surface area contributed by atoms with Crippen molar-refractivity contribution in [3.05, 3.63) is 46.5 Å². The second kappa shape index (κ2) is 4.05. The van der Waals surface area contributed by atoms with E-state index < -0.39 is 16.8 Å². The van der Waals surface area contributed by atoms with Crippen LogP contribution < -0.4 is 0 Å². The van der Waals surface area contributed by atoms with E-state index in [1.54, 1.807) is 0 Å². The molecule has 0 aliphatic heterocycles. The first-order valence-corrected chi connectivity index (χ1v) is 4.52. The topological polar surface area (TPSA) is 106 Å². The van der Waals surface area contributed by atoms with Crippen LogP contribution in [0, 0.1) is 10.1 Å². The summed E-state index contributed by atoms with van der Waals surface area (Å²) in [6, 6.07) is 5.53. The number of nitro groups is 1. The maximum absolute atomic E-state index is 10.5. The minimum Gasteiger partial charge on any atom is -0.474 e. The van der Waals surface area contributed by atoms with Gasteiger partial charge in [0.05, 0.1) is 11.1 Å². The lowest BCUT2D eigenvalue weighted by molar-refractivity contribution is -0.384. The van der Waals surface area contributed by atoms with Crippen molar-refractivity contribution in [2.45, 2.75) is 0 Å². The summed E-state index contributed by atoms with van der Waals surface area (Å²) in [5, 5.41) is 19.1. The number of non-ortho nitro benzene ring substituents is 1. The molecule has 0 unspecified atom stereocenters. The zero-order valence-corrected chi connectivity index (χ0v) is 8.36. The van der Waals surface area contributed by atoms with Gasteiger partial charge in [-0.05, 0) is 12.1 Å². The van der Waals surface area contributed by atoms with Crippen molar-refractivity contribution in [1.82, 2.24) is 4.98 Å². The number of benzene rings is 1. The van der Waals surface area contributed by atoms with E-state index in [2.05, 4.69) is 4.98 Å². The Kier molecular flexibility index (Phi) is 2.57. The highest BCUT2D eigenvalue weighted by Gasteiger charge is 2.13. The van der Waals surface area contributed by atoms with Crippen molar-refractivity contribution in [2.75, 3.05) is 0 Å². The molecule has 7 nitrogen and oxygen atoms in total. The van der Waals surface area contributed by atoms with Gasteiger partial charge in [-0.15, -0.1) is 0 Å². The fraction of sp³-hybridized carbons (Fsp3) is 0. The van der Waals surface area contributed by atoms with Crippen LogP contribution in [0.25, 0.3) is 11.3 Å². The average Bonchev–Trinajstić information content (AvgIpc) is 2.78. The SMILES string of the molecule is O=C(O)c1ncc(-c2ccc([N+](=O)[O-])cc2)o1. The minimum atomic E-state index is -1.27. The summed E-state index contributed by atoms with van der Waals surface area (Å²) >= 11 is 0. The molecule has 2 rings (SSSR count). The second-order valence-corrected chi connectivity index (χ2v) is 3.14. The smallest absolute Gasteiger partial charge is 0.392 e. The maximum atomic E-state index is 10.5. The number of rotatable bonds is 3. The molecule has 0 spiro atoms. The highest BCUT2D eigenvalue weighted by atomic mass is 16.6. The van der Waals surface area contributed by atoms with Crippen LogP contribution in [0.4, 0.5) is 5.69 Å². The molecule has 1 aromatic heterocycles. The molecule has 1 aromatic carbocycles. The van der Waals surface area contributed by atoms with Gasteiger partial charge in [0.15, 0.2) is 5.76 Å². The number of hydrogen-bond acceptors (Lipinski definition) is 5. The van der Waals surface area contributed by atoms with Gasteiger partial charge >= 0.3 is 11.9 Å². The number of aromatic nitrogens is 1. The van der Waals surface area contributed by atoms with Gasteiger partial charge in [-0.1, -0.05) is 0 Å². The molecule has 0 radical (unpaired) electrons. The fourth-order valence-corrected chi connectivity index (χ4v) is 1.25. The van der Waals surface area contributed by atoms with Crippen molar-refractivity contribution < 1.29 is 19.2 Å². The van der Waals surface area contributed by atoms with Crippen LogP contribution in [0.2, 0.25) is 0 Å². The maximum Gasteiger partial charge on any atom is 0.392 e. The normalized spacial score (nSPS) is 10.1. The van der Waals surface area contributed by atoms with E-state index in [4.69, 9.17) is 9.52 Å². The van der Waals surface area contributed by atoms with Crippen LogP contribution >= 0.6 is 0 Å². The summed E-state index contributed by atoms with van der Waals surface area (Å²) in [5.74, 6) is -1.44. The molecule has 0 bridgehead atoms. The third-order valence-corrected chi connectivity index (χ3v) is 2.05. The number of nitrogens with zero attached hydrogens (tertiary/aromatic N) is 2. The Morgan fingerprint density at radius 2 is 2.00 bits per heavy atom. The Bertz CT molecular complexity index is 573. The highest BCUT2D eigenvalue weighted by molar-refractivity contribution is 5.82. The average molecular weight is 234 g/mol. The number of aromatic carboxylic acids is 1. The van der Waals surface area contributed by atoms with E-state index >= 15 is 0 Å². The first-order valence-electron chi connectivity index (χ1n) is 4.52. The summed E-state index contributed by atoms with van der Waals surface area (Å²) in [6.07, 6.45) is 1.25. The standard InChI is InChI=1S/C10H6N2O5/c13-10(14)9-11-5-8(17-9)6-1-3-7(4-2-6)12(15)16/h1-5H,(H,13,14). The van der Waals surface area contributed by atoms with E-state index in [-0.39, 0.29) is 11.4 Å². The Labute approximate surface area is 94.5 Å². The van der Waals surface area contributed by atoms with Gasteiger partial charge < -0.3 is 9.52 Å². The predicted molar refractivity (Wildman–Crippen MR) is 55.6 cm³/mol. The highest BCUT2D eigenvalue weighted by Crippen LogP contribution is 2.22. The lowest BCUT2D eigenvalue weighted by Gasteiger charge is -1.95. The number of hydrogen-bond donors (Lipinski definition) is 1. The van der Waals surface area contributed by atoms with Gasteiger partial charge in [0, 0.05) is 17.7 Å². The molecule has 7 heteroatoms. The van der Waals surface area contributed by atoms with Gasteiger partial charge in [0.1, 0.15) is 0 Å². The summed E-state index contributed by atoms with van der Waals surface area (Å²) in [7, 11) is 0. The van der Waals surface area contributed by atoms with E-state index in [1.165, 1.54) is 30.5 Å². The molecule has 86 valence electrons. The van der Waals surface area contributed by atoms with Crippen LogP contribution in [-0.2, 0) is 0 Å². The first-order chi connectivity index (χ1) is 8.08. The van der Waals surface area contributed by atoms with Gasteiger partial charge in [0.2, 0.25) is 0 Å². The molecule has 0 aliphatic carbocycles. The number of nitro benzene ring substituents is 1. The summed E-state index contributed by atoms with van der Waals surface area (Å²) < 4.78 is 4.95. The molecule has 2 aromatic rings. The van der Waals surface area contributed by atoms with Gasteiger partial charge in [0.25, 0.3) is 5.69 Å². The van der Waals surface area contributed by atoms with Gasteiger partial charge in [-0.25, -0.2) is 9.78 Å². The van der Waals surface area contributed by atoms with Crippen molar-refractivity contribution in [3.8, 4) is 11.3 Å². The van der Waals surface area contributed by atoms with E-state index in [9.17, 15) is 14.9 Å². The Morgan fingerprint density at radius 3 is 2.47 bits per heavy atom. The molecule has 0 aliphatic rings. The quantitative estimate of drug-likeness (QED) is 0.642. The summed E-state index contributed by atoms with van der Waals surface area (Å²) in [5.41, 5.74) is 0.474. The zero-order chi connectivity index (χ0) is 12.4. The molecule has 0 saturated heterocycles. The van der Waals surface area contributed by atoms with Gasteiger partial charge in [-0.3, -0.25) is 10.1 Å². The molecule has 1 N–H and O–H groups in total. The lowest BCUT2D eigenvalue weighted by Crippen LogP contribution is -1.94. The van der Waals surface area contributed by atoms with E-state index in [1.807, 2.05) is 0 Å². The molecule has 0 fully saturated rings. The Morgan fingerprint density at radius 1 is 1.35 bits per heavy atom. The van der Waals surface area contributed by atoms with Crippen LogP contribution in [-0.4, -0.2) is 21.0 Å². The molecular formula is C10H6N2O5. The molecular weight excluding hydrogens is 228 g/mol. The van der Waals surface area contributed by atoms with E-state index in [0.717, 1.165) is 0 Å². The van der Waals surface area contributed by atoms with Crippen LogP contribution in [0.5, 0.6) is 0 Å². The second-order valence-electron chi connectivity index (χ2n) is 3.14. The zero-order valence-electron chi connectivity index (χ0n) is 8.36. The Hall–Kier alpha value is -2.70. The number of carbonyl (C=O) groups is 1. The minimum absolute atomic E-state index is 0.0493. The Balaban J connectivity index is 2.33. The largest absolute Gasteiger partial charge is 0.474 e. The monoisotopic (exact) mass is 234 g/mol. The third-order valence-electron chi connectivity index (χ3n) is 2.05. The van der Waals surface area contributed by atoms with Crippen molar-refractivity contribution in [2.24, 2.45) is 0 Å². The first kappa shape index (κ1) is 10.8. The predicted octanol–water partition coefficient (Wildman–Crippen LogP) is 1.95. The number of oxazole rings is 1. The van der Waals surface area contributed by atoms with Crippen LogP contribution in [0.1, 0.15) is 10.7 Å². The summed E-state index contributed by atoms with van der Waals surface area (Å²) in [6.45, 7) is 0. The van der Waals surface area contributed by atoms with Crippen LogP contribution in [0.3, 0.4) is 0 Å². The summed E-state index contributed by atoms with van der Waals surface area (Å²) in [4.78, 5) is 24.0. The molecule has 0 atom stereocenters. The van der Waals surface area contributed by atoms with Crippen LogP contribution in [0.15, 0.2) is 34.9 Å². The third kappa shape index (κ3) is 2.12. The fourth-order valence-electron chi connectivity index (χ4n) is 1.25. The van der Waals surface area contributed by atoms with Crippen molar-refractivity contribution >= 4 is 11.7 Å². The number of carboxylic acid groups (broad SMARTS) is 1. The molecule has 0 amide bonds. The molecule has 1 heterocycles. The van der Waals surface area contributed by atoms with E-state index in [0.29, 0.717) is 5.56 Å². The van der Waals surface area contributed by atoms with Gasteiger partial charge in [-0.2, -0.15) is 0 Å². The number of carboxylic acids is 1. The molecule has 17 heavy (non-hydrogen) atoms. The van der Waals surface area contributed by atoms with Crippen molar-refractivity contribution in [3.63, 3.8) is 0 Å².